The molecular weight excluding hydrogens is 178 g/mol. The van der Waals surface area contributed by atoms with Crippen LogP contribution in [-0.2, 0) is 11.5 Å². The predicted molar refractivity (Wildman–Crippen MR) is 50.5 cm³/mol. The van der Waals surface area contributed by atoms with Crippen molar-refractivity contribution in [2.45, 2.75) is 13.3 Å². The molecule has 71 valence electrons. The van der Waals surface area contributed by atoms with Gasteiger partial charge in [0.1, 0.15) is 0 Å². The van der Waals surface area contributed by atoms with Gasteiger partial charge in [0.15, 0.2) is 0 Å². The van der Waals surface area contributed by atoms with E-state index in [1.165, 1.54) is 0 Å². The van der Waals surface area contributed by atoms with Crippen LogP contribution in [0.25, 0.3) is 0 Å². The summed E-state index contributed by atoms with van der Waals surface area (Å²) in [5.74, 6) is 0.0158. The third-order valence-electron chi connectivity index (χ3n) is 2.09. The molecule has 0 fully saturated rings. The van der Waals surface area contributed by atoms with Gasteiger partial charge in [-0.15, -0.1) is 0 Å². The van der Waals surface area contributed by atoms with Crippen molar-refractivity contribution >= 4 is 0 Å². The molecule has 0 unspecified atom stereocenters. The van der Waals surface area contributed by atoms with Gasteiger partial charge in [-0.3, -0.25) is 15.2 Å². The Morgan fingerprint density at radius 2 is 2.21 bits per heavy atom. The van der Waals surface area contributed by atoms with Crippen LogP contribution in [0, 0.1) is 6.92 Å². The van der Waals surface area contributed by atoms with E-state index in [9.17, 15) is 5.11 Å². The first kappa shape index (κ1) is 8.74. The SMILES string of the molecule is Cc1ccnc(Cc2ccn[nH]2)c1[O]. The lowest BCUT2D eigenvalue weighted by molar-refractivity contribution is 0.345. The molecule has 0 bridgehead atoms. The second-order valence-corrected chi connectivity index (χ2v) is 3.16. The molecule has 4 nitrogen and oxygen atoms in total. The number of hydrogen-bond donors (Lipinski definition) is 1. The summed E-state index contributed by atoms with van der Waals surface area (Å²) in [7, 11) is 0. The van der Waals surface area contributed by atoms with Gasteiger partial charge in [0.2, 0.25) is 5.75 Å². The lowest BCUT2D eigenvalue weighted by Gasteiger charge is -2.01. The predicted octanol–water partition coefficient (Wildman–Crippen LogP) is 1.85. The Balaban J connectivity index is 2.29. The molecule has 4 heteroatoms. The maximum Gasteiger partial charge on any atom is 0.203 e. The first-order valence-corrected chi connectivity index (χ1v) is 4.37. The van der Waals surface area contributed by atoms with Crippen molar-refractivity contribution in [1.82, 2.24) is 15.2 Å². The summed E-state index contributed by atoms with van der Waals surface area (Å²) in [5, 5.41) is 18.2. The van der Waals surface area contributed by atoms with E-state index in [0.29, 0.717) is 12.1 Å². The molecule has 0 aliphatic rings. The number of aromatic nitrogens is 3. The highest BCUT2D eigenvalue weighted by Gasteiger charge is 2.08. The van der Waals surface area contributed by atoms with E-state index in [1.54, 1.807) is 25.4 Å². The smallest absolute Gasteiger partial charge is 0.203 e. The fourth-order valence-electron chi connectivity index (χ4n) is 1.29. The van der Waals surface area contributed by atoms with E-state index >= 15 is 0 Å². The summed E-state index contributed by atoms with van der Waals surface area (Å²) in [4.78, 5) is 4.05. The molecule has 0 spiro atoms. The third-order valence-corrected chi connectivity index (χ3v) is 2.09. The van der Waals surface area contributed by atoms with Gasteiger partial charge in [-0.2, -0.15) is 5.10 Å². The van der Waals surface area contributed by atoms with Crippen molar-refractivity contribution in [3.63, 3.8) is 0 Å². The van der Waals surface area contributed by atoms with Gasteiger partial charge in [-0.05, 0) is 24.6 Å². The number of nitrogens with zero attached hydrogens (tertiary/aromatic N) is 2. The lowest BCUT2D eigenvalue weighted by atomic mass is 10.1. The zero-order chi connectivity index (χ0) is 9.97. The highest BCUT2D eigenvalue weighted by molar-refractivity contribution is 5.35. The average Bonchev–Trinajstić information content (AvgIpc) is 2.66. The van der Waals surface area contributed by atoms with Crippen LogP contribution in [0.5, 0.6) is 5.75 Å². The quantitative estimate of drug-likeness (QED) is 0.781. The minimum absolute atomic E-state index is 0.0158. The van der Waals surface area contributed by atoms with Crippen LogP contribution < -0.4 is 0 Å². The number of pyridine rings is 1. The molecule has 0 aliphatic heterocycles. The maximum absolute atomic E-state index is 11.6. The maximum atomic E-state index is 11.6. The van der Waals surface area contributed by atoms with Crippen LogP contribution in [0.4, 0.5) is 0 Å². The van der Waals surface area contributed by atoms with Crippen LogP contribution in [-0.4, -0.2) is 15.2 Å². The first-order chi connectivity index (χ1) is 6.77. The van der Waals surface area contributed by atoms with E-state index in [2.05, 4.69) is 15.2 Å². The molecule has 0 aliphatic carbocycles. The van der Waals surface area contributed by atoms with Gasteiger partial charge in [0, 0.05) is 24.5 Å². The molecule has 0 atom stereocenters. The second kappa shape index (κ2) is 3.49. The van der Waals surface area contributed by atoms with Crippen LogP contribution >= 0.6 is 0 Å². The van der Waals surface area contributed by atoms with Gasteiger partial charge >= 0.3 is 0 Å². The summed E-state index contributed by atoms with van der Waals surface area (Å²) in [6.07, 6.45) is 3.83. The largest absolute Gasteiger partial charge is 0.288 e. The highest BCUT2D eigenvalue weighted by atomic mass is 16.3. The van der Waals surface area contributed by atoms with Crippen molar-refractivity contribution in [1.29, 1.82) is 0 Å². The molecule has 2 aromatic heterocycles. The van der Waals surface area contributed by atoms with Crippen LogP contribution in [0.3, 0.4) is 0 Å². The van der Waals surface area contributed by atoms with E-state index in [-0.39, 0.29) is 5.75 Å². The van der Waals surface area contributed by atoms with E-state index in [1.807, 2.05) is 6.07 Å². The number of rotatable bonds is 2. The molecule has 0 saturated heterocycles. The number of hydrogen-bond acceptors (Lipinski definition) is 2. The minimum atomic E-state index is 0.0158. The van der Waals surface area contributed by atoms with E-state index in [4.69, 9.17) is 0 Å². The molecule has 0 saturated carbocycles. The summed E-state index contributed by atoms with van der Waals surface area (Å²) >= 11 is 0. The Bertz CT molecular complexity index is 423. The Morgan fingerprint density at radius 3 is 2.93 bits per heavy atom. The Morgan fingerprint density at radius 1 is 1.36 bits per heavy atom. The number of aromatic amines is 1. The third kappa shape index (κ3) is 1.59. The topological polar surface area (TPSA) is 61.5 Å². The van der Waals surface area contributed by atoms with Crippen molar-refractivity contribution in [3.05, 3.63) is 41.5 Å². The lowest BCUT2D eigenvalue weighted by Crippen LogP contribution is -1.93. The Hall–Kier alpha value is -1.84. The van der Waals surface area contributed by atoms with Crippen LogP contribution in [0.15, 0.2) is 24.5 Å². The molecule has 2 aromatic rings. The monoisotopic (exact) mass is 188 g/mol. The summed E-state index contributed by atoms with van der Waals surface area (Å²) in [6, 6.07) is 3.56. The van der Waals surface area contributed by atoms with Gasteiger partial charge in [0.05, 0.1) is 5.69 Å². The Labute approximate surface area is 81.6 Å². The zero-order valence-electron chi connectivity index (χ0n) is 7.82. The fraction of sp³-hybridized carbons (Fsp3) is 0.200. The molecule has 2 heterocycles. The zero-order valence-corrected chi connectivity index (χ0v) is 7.82. The van der Waals surface area contributed by atoms with Crippen molar-refractivity contribution in [2.75, 3.05) is 0 Å². The average molecular weight is 188 g/mol. The van der Waals surface area contributed by atoms with E-state index < -0.39 is 0 Å². The van der Waals surface area contributed by atoms with Crippen molar-refractivity contribution in [2.24, 2.45) is 0 Å². The molecule has 0 amide bonds. The normalized spacial score (nSPS) is 10.4. The number of aryl methyl sites for hydroxylation is 1. The second-order valence-electron chi connectivity index (χ2n) is 3.16. The van der Waals surface area contributed by atoms with Gasteiger partial charge < -0.3 is 0 Å². The summed E-state index contributed by atoms with van der Waals surface area (Å²) in [6.45, 7) is 1.79. The molecule has 14 heavy (non-hydrogen) atoms. The summed E-state index contributed by atoms with van der Waals surface area (Å²) in [5.41, 5.74) is 2.20. The molecule has 1 N–H and O–H groups in total. The van der Waals surface area contributed by atoms with Gasteiger partial charge in [-0.25, -0.2) is 0 Å². The van der Waals surface area contributed by atoms with Crippen molar-refractivity contribution in [3.8, 4) is 5.75 Å². The standard InChI is InChI=1S/C10H10N3O/c1-7-2-4-11-9(10(7)14)6-8-3-5-12-13-8/h2-5H,6H2,1H3,(H,12,13). The van der Waals surface area contributed by atoms with Crippen LogP contribution in [0.1, 0.15) is 17.0 Å². The van der Waals surface area contributed by atoms with Crippen molar-refractivity contribution < 1.29 is 5.11 Å². The number of nitrogens with one attached hydrogen (secondary N) is 1. The summed E-state index contributed by atoms with van der Waals surface area (Å²) < 4.78 is 0. The highest BCUT2D eigenvalue weighted by Crippen LogP contribution is 2.21. The van der Waals surface area contributed by atoms with Crippen LogP contribution in [0.2, 0.25) is 0 Å². The number of H-pyrrole nitrogens is 1. The fourth-order valence-corrected chi connectivity index (χ4v) is 1.29. The first-order valence-electron chi connectivity index (χ1n) is 4.37. The van der Waals surface area contributed by atoms with Gasteiger partial charge in [-0.1, -0.05) is 0 Å². The molecule has 0 aromatic carbocycles. The molecule has 1 radical (unpaired) electrons. The molecular formula is C10H10N3O. The van der Waals surface area contributed by atoms with E-state index in [0.717, 1.165) is 11.3 Å². The Kier molecular flexibility index (Phi) is 2.18. The van der Waals surface area contributed by atoms with Gasteiger partial charge in [0.25, 0.3) is 0 Å². The minimum Gasteiger partial charge on any atom is -0.288 e. The molecule has 2 rings (SSSR count).